The third-order valence-corrected chi connectivity index (χ3v) is 13.9. The summed E-state index contributed by atoms with van der Waals surface area (Å²) in [4.78, 5) is 0. The lowest BCUT2D eigenvalue weighted by atomic mass is 9.59. The van der Waals surface area contributed by atoms with Gasteiger partial charge < -0.3 is 9.31 Å². The second-order valence-electron chi connectivity index (χ2n) is 16.5. The molecule has 1 saturated heterocycles. The molecule has 2 atom stereocenters. The third kappa shape index (κ3) is 3.49. The van der Waals surface area contributed by atoms with Crippen molar-refractivity contribution in [3.8, 4) is 11.3 Å². The summed E-state index contributed by atoms with van der Waals surface area (Å²) >= 11 is 0. The Bertz CT molecular complexity index is 1660. The molecule has 6 rings (SSSR count). The minimum absolute atomic E-state index is 0.0215. The van der Waals surface area contributed by atoms with Crippen LogP contribution >= 0.6 is 0 Å². The van der Waals surface area contributed by atoms with Crippen LogP contribution in [0.4, 0.5) is 0 Å². The van der Waals surface area contributed by atoms with Crippen LogP contribution in [0.5, 0.6) is 0 Å². The topological polar surface area (TPSA) is 22.3 Å². The number of rotatable bonds is 4. The summed E-state index contributed by atoms with van der Waals surface area (Å²) in [5.41, 5.74) is 6.95. The first-order valence-corrected chi connectivity index (χ1v) is 16.5. The second-order valence-corrected chi connectivity index (χ2v) is 16.5. The van der Waals surface area contributed by atoms with Crippen LogP contribution in [0, 0.1) is 5.41 Å². The standard InChI is InChI=1S/C39H53BNO2/c1-15-38(14)29-19-18-26(40-42-36(10,11)37(12,13)43-40)23-28(29)32-27-24-31-30(33(4,5)35(8,9)34(31,6)7)22-25(27)20-21-41(32)39(38,16-2)17-3/h16,18-24H,2,15,17H2,1,3-14H3/q+1. The van der Waals surface area contributed by atoms with Crippen molar-refractivity contribution in [1.29, 1.82) is 0 Å². The van der Waals surface area contributed by atoms with Gasteiger partial charge in [-0.05, 0) is 109 Å². The number of hydrogen-bond donors (Lipinski definition) is 0. The predicted molar refractivity (Wildman–Crippen MR) is 181 cm³/mol. The Labute approximate surface area is 261 Å². The van der Waals surface area contributed by atoms with Crippen molar-refractivity contribution < 1.29 is 13.9 Å². The molecule has 4 heteroatoms. The van der Waals surface area contributed by atoms with E-state index in [1.165, 1.54) is 38.7 Å². The number of fused-ring (bicyclic) bond motifs is 6. The van der Waals surface area contributed by atoms with Gasteiger partial charge in [0.2, 0.25) is 5.69 Å². The Morgan fingerprint density at radius 2 is 1.33 bits per heavy atom. The highest BCUT2D eigenvalue weighted by Gasteiger charge is 2.60. The number of pyridine rings is 1. The Morgan fingerprint density at radius 3 is 1.86 bits per heavy atom. The van der Waals surface area contributed by atoms with Crippen LogP contribution < -0.4 is 10.0 Å². The van der Waals surface area contributed by atoms with Gasteiger partial charge in [0.15, 0.2) is 11.7 Å². The normalized spacial score (nSPS) is 28.8. The largest absolute Gasteiger partial charge is 0.494 e. The minimum Gasteiger partial charge on any atom is -0.399 e. The van der Waals surface area contributed by atoms with Crippen molar-refractivity contribution in [2.24, 2.45) is 5.41 Å². The van der Waals surface area contributed by atoms with Gasteiger partial charge in [0.1, 0.15) is 0 Å². The fraction of sp³-hybridized carbons (Fsp3) is 0.564. The molecule has 228 valence electrons. The number of allylic oxidation sites excluding steroid dienone is 1. The van der Waals surface area contributed by atoms with Gasteiger partial charge in [-0.15, -0.1) is 0 Å². The summed E-state index contributed by atoms with van der Waals surface area (Å²) in [6.07, 6.45) is 6.52. The summed E-state index contributed by atoms with van der Waals surface area (Å²) in [6, 6.07) is 14.3. The Morgan fingerprint density at radius 1 is 0.744 bits per heavy atom. The van der Waals surface area contributed by atoms with Crippen molar-refractivity contribution in [2.45, 2.75) is 136 Å². The van der Waals surface area contributed by atoms with Crippen molar-refractivity contribution in [3.63, 3.8) is 0 Å². The zero-order valence-electron chi connectivity index (χ0n) is 29.1. The molecule has 2 aliphatic heterocycles. The van der Waals surface area contributed by atoms with Crippen LogP contribution in [0.1, 0.15) is 120 Å². The average molecular weight is 579 g/mol. The summed E-state index contributed by atoms with van der Waals surface area (Å²) in [7, 11) is -0.409. The minimum atomic E-state index is -0.409. The summed E-state index contributed by atoms with van der Waals surface area (Å²) < 4.78 is 15.7. The maximum absolute atomic E-state index is 6.57. The van der Waals surface area contributed by atoms with E-state index in [-0.39, 0.29) is 27.2 Å². The summed E-state index contributed by atoms with van der Waals surface area (Å²) in [5.74, 6) is 0. The van der Waals surface area contributed by atoms with Gasteiger partial charge in [-0.3, -0.25) is 0 Å². The van der Waals surface area contributed by atoms with Gasteiger partial charge in [-0.2, -0.15) is 4.57 Å². The molecule has 43 heavy (non-hydrogen) atoms. The van der Waals surface area contributed by atoms with E-state index < -0.39 is 18.3 Å². The molecule has 0 saturated carbocycles. The lowest BCUT2D eigenvalue weighted by molar-refractivity contribution is -0.755. The number of hydrogen-bond acceptors (Lipinski definition) is 2. The van der Waals surface area contributed by atoms with Crippen molar-refractivity contribution in [3.05, 3.63) is 71.9 Å². The molecule has 3 aromatic rings. The zero-order chi connectivity index (χ0) is 31.8. The van der Waals surface area contributed by atoms with E-state index in [4.69, 9.17) is 9.31 Å². The molecule has 3 aliphatic rings. The van der Waals surface area contributed by atoms with E-state index in [0.717, 1.165) is 18.3 Å². The van der Waals surface area contributed by atoms with Crippen LogP contribution in [0.2, 0.25) is 0 Å². The maximum atomic E-state index is 6.57. The Balaban J connectivity index is 1.70. The summed E-state index contributed by atoms with van der Waals surface area (Å²) in [6.45, 7) is 34.7. The van der Waals surface area contributed by atoms with E-state index >= 15 is 0 Å². The molecule has 2 unspecified atom stereocenters. The van der Waals surface area contributed by atoms with E-state index in [0.29, 0.717) is 0 Å². The first kappa shape index (κ1) is 30.6. The van der Waals surface area contributed by atoms with Gasteiger partial charge in [0.25, 0.3) is 0 Å². The Kier molecular flexibility index (Phi) is 6.30. The highest BCUT2D eigenvalue weighted by molar-refractivity contribution is 6.62. The van der Waals surface area contributed by atoms with Gasteiger partial charge in [0.05, 0.1) is 27.6 Å². The maximum Gasteiger partial charge on any atom is 0.494 e. The first-order chi connectivity index (χ1) is 19.8. The van der Waals surface area contributed by atoms with Crippen molar-refractivity contribution in [1.82, 2.24) is 0 Å². The lowest BCUT2D eigenvalue weighted by Crippen LogP contribution is -2.68. The fourth-order valence-corrected chi connectivity index (χ4v) is 8.80. The number of nitrogens with zero attached hydrogens (tertiary/aromatic N) is 1. The van der Waals surface area contributed by atoms with Crippen LogP contribution in [0.3, 0.4) is 0 Å². The quantitative estimate of drug-likeness (QED) is 0.176. The molecule has 2 aromatic carbocycles. The number of aromatic nitrogens is 1. The van der Waals surface area contributed by atoms with E-state index in [1.54, 1.807) is 0 Å². The molecule has 1 fully saturated rings. The average Bonchev–Trinajstić information content (AvgIpc) is 3.23. The van der Waals surface area contributed by atoms with E-state index in [2.05, 4.69) is 150 Å². The number of benzene rings is 2. The molecule has 3 nitrogen and oxygen atoms in total. The summed E-state index contributed by atoms with van der Waals surface area (Å²) in [5, 5.41) is 2.61. The van der Waals surface area contributed by atoms with Crippen LogP contribution in [-0.4, -0.2) is 18.3 Å². The van der Waals surface area contributed by atoms with Crippen LogP contribution in [0.15, 0.2) is 55.3 Å². The first-order valence-electron chi connectivity index (χ1n) is 16.5. The molecular weight excluding hydrogens is 525 g/mol. The molecule has 0 bridgehead atoms. The zero-order valence-corrected chi connectivity index (χ0v) is 29.1. The van der Waals surface area contributed by atoms with E-state index in [1.807, 2.05) is 0 Å². The third-order valence-electron chi connectivity index (χ3n) is 13.9. The van der Waals surface area contributed by atoms with Gasteiger partial charge >= 0.3 is 7.12 Å². The predicted octanol–water partition coefficient (Wildman–Crippen LogP) is 8.66. The van der Waals surface area contributed by atoms with Gasteiger partial charge in [-0.1, -0.05) is 74.1 Å². The molecule has 0 N–H and O–H groups in total. The Hall–Kier alpha value is -2.43. The molecule has 3 heterocycles. The molecule has 1 aromatic heterocycles. The highest BCUT2D eigenvalue weighted by atomic mass is 16.7. The molecule has 0 spiro atoms. The van der Waals surface area contributed by atoms with E-state index in [9.17, 15) is 0 Å². The molecule has 0 radical (unpaired) electrons. The van der Waals surface area contributed by atoms with Gasteiger partial charge in [0, 0.05) is 12.5 Å². The lowest BCUT2D eigenvalue weighted by Gasteiger charge is -2.46. The van der Waals surface area contributed by atoms with Crippen LogP contribution in [0.25, 0.3) is 22.0 Å². The molecule has 1 aliphatic carbocycles. The highest BCUT2D eigenvalue weighted by Crippen LogP contribution is 2.62. The smallest absolute Gasteiger partial charge is 0.399 e. The second kappa shape index (κ2) is 8.85. The molecular formula is C39H53BNO2+. The van der Waals surface area contributed by atoms with Crippen molar-refractivity contribution >= 4 is 23.4 Å². The fourth-order valence-electron chi connectivity index (χ4n) is 8.80. The van der Waals surface area contributed by atoms with Crippen molar-refractivity contribution in [2.75, 3.05) is 0 Å². The van der Waals surface area contributed by atoms with Gasteiger partial charge in [-0.25, -0.2) is 0 Å². The van der Waals surface area contributed by atoms with Crippen LogP contribution in [-0.2, 0) is 31.1 Å². The monoisotopic (exact) mass is 578 g/mol. The SMILES string of the molecule is C=CC1(CC)[n+]2ccc3cc4c(cc3c2-c2cc(B3OC(C)(C)C(C)(C)O3)ccc2C1(C)CC)C(C)(C)C(C)(C)C4(C)C. The molecule has 0 amide bonds.